The first-order valence-corrected chi connectivity index (χ1v) is 4.82. The van der Waals surface area contributed by atoms with Crippen LogP contribution in [0.25, 0.3) is 0 Å². The van der Waals surface area contributed by atoms with Gasteiger partial charge >= 0.3 is 11.9 Å². The third-order valence-corrected chi connectivity index (χ3v) is 2.23. The average molecular weight is 199 g/mol. The number of carbonyl (C=O) groups is 2. The maximum absolute atomic E-state index is 11.3. The number of esters is 2. The van der Waals surface area contributed by atoms with E-state index < -0.39 is 18.0 Å². The molecule has 0 spiro atoms. The van der Waals surface area contributed by atoms with Crippen LogP contribution >= 0.6 is 0 Å². The Morgan fingerprint density at radius 3 is 2.43 bits per heavy atom. The Labute approximate surface area is 83.6 Å². The summed E-state index contributed by atoms with van der Waals surface area (Å²) < 4.78 is 9.73. The minimum atomic E-state index is -0.847. The number of hydrogen-bond acceptors (Lipinski definition) is 4. The molecule has 1 unspecified atom stereocenters. The number of hydrogen-bond donors (Lipinski definition) is 0. The monoisotopic (exact) mass is 199 g/mol. The summed E-state index contributed by atoms with van der Waals surface area (Å²) in [5, 5.41) is 0. The molecule has 0 aromatic carbocycles. The molecule has 14 heavy (non-hydrogen) atoms. The van der Waals surface area contributed by atoms with Crippen LogP contribution in [0.3, 0.4) is 0 Å². The zero-order valence-corrected chi connectivity index (χ0v) is 8.32. The number of ether oxygens (including phenoxy) is 2. The predicted molar refractivity (Wildman–Crippen MR) is 49.3 cm³/mol. The molecule has 1 aliphatic rings. The number of rotatable bonds is 3. The third kappa shape index (κ3) is 3.36. The molecular formula is C10H15O4. The van der Waals surface area contributed by atoms with Gasteiger partial charge in [0.05, 0.1) is 6.92 Å². The summed E-state index contributed by atoms with van der Waals surface area (Å²) in [5.74, 6) is -1.19. The van der Waals surface area contributed by atoms with Gasteiger partial charge in [0.2, 0.25) is 0 Å². The largest absolute Gasteiger partial charge is 0.460 e. The molecule has 1 atom stereocenters. The Balaban J connectivity index is 2.29. The average Bonchev–Trinajstić information content (AvgIpc) is 2.55. The Bertz CT molecular complexity index is 218. The van der Waals surface area contributed by atoms with Crippen LogP contribution in [-0.2, 0) is 19.1 Å². The number of carbonyl (C=O) groups excluding carboxylic acids is 2. The van der Waals surface area contributed by atoms with Gasteiger partial charge in [0.1, 0.15) is 6.10 Å². The maximum atomic E-state index is 11.3. The second kappa shape index (κ2) is 4.98. The van der Waals surface area contributed by atoms with E-state index in [-0.39, 0.29) is 6.10 Å². The molecule has 1 aliphatic carbocycles. The van der Waals surface area contributed by atoms with Gasteiger partial charge in [-0.3, -0.25) is 4.79 Å². The van der Waals surface area contributed by atoms with Crippen LogP contribution in [0.15, 0.2) is 0 Å². The van der Waals surface area contributed by atoms with Crippen molar-refractivity contribution in [2.24, 2.45) is 0 Å². The van der Waals surface area contributed by atoms with Crippen LogP contribution in [0.1, 0.15) is 32.6 Å². The predicted octanol–water partition coefficient (Wildman–Crippen LogP) is 1.24. The van der Waals surface area contributed by atoms with E-state index in [2.05, 4.69) is 11.7 Å². The normalized spacial score (nSPS) is 19.0. The van der Waals surface area contributed by atoms with E-state index >= 15 is 0 Å². The van der Waals surface area contributed by atoms with Crippen molar-refractivity contribution in [1.29, 1.82) is 0 Å². The van der Waals surface area contributed by atoms with E-state index in [9.17, 15) is 9.59 Å². The first kappa shape index (κ1) is 11.0. The van der Waals surface area contributed by atoms with Crippen molar-refractivity contribution < 1.29 is 19.1 Å². The van der Waals surface area contributed by atoms with Gasteiger partial charge < -0.3 is 9.47 Å². The van der Waals surface area contributed by atoms with Crippen LogP contribution in [0.5, 0.6) is 0 Å². The second-order valence-corrected chi connectivity index (χ2v) is 3.48. The van der Waals surface area contributed by atoms with Crippen LogP contribution in [0.4, 0.5) is 0 Å². The van der Waals surface area contributed by atoms with E-state index in [1.54, 1.807) is 0 Å². The zero-order valence-electron chi connectivity index (χ0n) is 8.32. The van der Waals surface area contributed by atoms with E-state index in [0.717, 1.165) is 25.7 Å². The van der Waals surface area contributed by atoms with Crippen molar-refractivity contribution >= 4 is 11.9 Å². The molecule has 0 heterocycles. The molecular weight excluding hydrogens is 184 g/mol. The lowest BCUT2D eigenvalue weighted by molar-refractivity contribution is -0.167. The molecule has 0 aromatic heterocycles. The highest BCUT2D eigenvalue weighted by Gasteiger charge is 2.24. The molecule has 0 saturated heterocycles. The molecule has 0 bridgehead atoms. The van der Waals surface area contributed by atoms with Crippen LogP contribution < -0.4 is 0 Å². The van der Waals surface area contributed by atoms with Gasteiger partial charge in [0, 0.05) is 0 Å². The quantitative estimate of drug-likeness (QED) is 0.642. The molecule has 1 radical (unpaired) electrons. The fourth-order valence-corrected chi connectivity index (χ4v) is 1.51. The molecule has 0 amide bonds. The van der Waals surface area contributed by atoms with Gasteiger partial charge in [-0.05, 0) is 32.6 Å². The smallest absolute Gasteiger partial charge is 0.347 e. The maximum Gasteiger partial charge on any atom is 0.347 e. The Morgan fingerprint density at radius 2 is 1.93 bits per heavy atom. The first-order chi connectivity index (χ1) is 6.59. The summed E-state index contributed by atoms with van der Waals surface area (Å²) in [7, 11) is 0. The first-order valence-electron chi connectivity index (χ1n) is 4.82. The highest BCUT2D eigenvalue weighted by molar-refractivity contribution is 5.80. The molecule has 1 fully saturated rings. The Morgan fingerprint density at radius 1 is 1.36 bits per heavy atom. The third-order valence-electron chi connectivity index (χ3n) is 2.23. The van der Waals surface area contributed by atoms with Crippen molar-refractivity contribution in [3.8, 4) is 0 Å². The Hall–Kier alpha value is -1.06. The van der Waals surface area contributed by atoms with E-state index in [1.807, 2.05) is 0 Å². The van der Waals surface area contributed by atoms with Crippen LogP contribution in [0.2, 0.25) is 0 Å². The van der Waals surface area contributed by atoms with Crippen LogP contribution in [-0.4, -0.2) is 24.1 Å². The molecule has 0 N–H and O–H groups in total. The van der Waals surface area contributed by atoms with Crippen LogP contribution in [0, 0.1) is 6.92 Å². The van der Waals surface area contributed by atoms with Gasteiger partial charge in [-0.2, -0.15) is 0 Å². The lowest BCUT2D eigenvalue weighted by Gasteiger charge is -2.15. The molecule has 4 nitrogen and oxygen atoms in total. The fraction of sp³-hybridized carbons (Fsp3) is 0.700. The lowest BCUT2D eigenvalue weighted by atomic mass is 10.3. The summed E-state index contributed by atoms with van der Waals surface area (Å²) in [5.41, 5.74) is 0. The van der Waals surface area contributed by atoms with Crippen molar-refractivity contribution in [3.63, 3.8) is 0 Å². The van der Waals surface area contributed by atoms with Gasteiger partial charge in [-0.25, -0.2) is 4.79 Å². The lowest BCUT2D eigenvalue weighted by Crippen LogP contribution is -2.28. The van der Waals surface area contributed by atoms with Gasteiger partial charge in [-0.15, -0.1) is 0 Å². The van der Waals surface area contributed by atoms with Crippen molar-refractivity contribution in [2.75, 3.05) is 0 Å². The zero-order chi connectivity index (χ0) is 10.6. The second-order valence-electron chi connectivity index (χ2n) is 3.48. The topological polar surface area (TPSA) is 52.6 Å². The molecule has 0 aliphatic heterocycles. The van der Waals surface area contributed by atoms with Gasteiger partial charge in [-0.1, -0.05) is 0 Å². The minimum absolute atomic E-state index is 0.00784. The summed E-state index contributed by atoms with van der Waals surface area (Å²) in [6.45, 7) is 4.51. The summed E-state index contributed by atoms with van der Waals surface area (Å²) in [4.78, 5) is 21.8. The van der Waals surface area contributed by atoms with Crippen molar-refractivity contribution in [3.05, 3.63) is 6.92 Å². The van der Waals surface area contributed by atoms with Crippen molar-refractivity contribution in [2.45, 2.75) is 44.8 Å². The summed E-state index contributed by atoms with van der Waals surface area (Å²) in [6.07, 6.45) is 3.19. The van der Waals surface area contributed by atoms with E-state index in [0.29, 0.717) is 0 Å². The summed E-state index contributed by atoms with van der Waals surface area (Å²) in [6, 6.07) is 0. The Kier molecular flexibility index (Phi) is 3.92. The fourth-order valence-electron chi connectivity index (χ4n) is 1.51. The van der Waals surface area contributed by atoms with Gasteiger partial charge in [0.15, 0.2) is 6.10 Å². The highest BCUT2D eigenvalue weighted by Crippen LogP contribution is 2.21. The SMILES string of the molecule is [CH2]C(=O)OC(C)C(=O)OC1CCCC1. The summed E-state index contributed by atoms with van der Waals surface area (Å²) >= 11 is 0. The molecule has 0 aromatic rings. The molecule has 79 valence electrons. The molecule has 1 rings (SSSR count). The molecule has 4 heteroatoms. The van der Waals surface area contributed by atoms with E-state index in [1.165, 1.54) is 6.92 Å². The van der Waals surface area contributed by atoms with Gasteiger partial charge in [0.25, 0.3) is 0 Å². The van der Waals surface area contributed by atoms with E-state index in [4.69, 9.17) is 4.74 Å². The minimum Gasteiger partial charge on any atom is -0.460 e. The standard InChI is InChI=1S/C10H15O4/c1-7(13-8(2)11)10(12)14-9-5-3-4-6-9/h7,9H,2-6H2,1H3. The molecule has 1 saturated carbocycles. The van der Waals surface area contributed by atoms with Crippen molar-refractivity contribution in [1.82, 2.24) is 0 Å². The highest BCUT2D eigenvalue weighted by atomic mass is 16.6.